The molecule has 0 saturated heterocycles. The van der Waals surface area contributed by atoms with Gasteiger partial charge in [0, 0.05) is 30.1 Å². The first-order valence-electron chi connectivity index (χ1n) is 10.4. The van der Waals surface area contributed by atoms with Gasteiger partial charge in [0.2, 0.25) is 0 Å². The lowest BCUT2D eigenvalue weighted by atomic mass is 10.1. The summed E-state index contributed by atoms with van der Waals surface area (Å²) in [7, 11) is 0. The third kappa shape index (κ3) is 9.60. The minimum absolute atomic E-state index is 0.391. The van der Waals surface area contributed by atoms with Crippen LogP contribution in [0.3, 0.4) is 0 Å². The number of hydrogen-bond donors (Lipinski definition) is 0. The number of halogens is 7. The van der Waals surface area contributed by atoms with Crippen molar-refractivity contribution >= 4 is 50.6 Å². The molecule has 0 spiro atoms. The molecule has 0 bridgehead atoms. The van der Waals surface area contributed by atoms with Gasteiger partial charge in [-0.3, -0.25) is 0 Å². The van der Waals surface area contributed by atoms with Crippen LogP contribution in [0.2, 0.25) is 6.04 Å². The van der Waals surface area contributed by atoms with E-state index in [1.165, 1.54) is 12.1 Å². The Hall–Kier alpha value is -0.953. The summed E-state index contributed by atoms with van der Waals surface area (Å²) < 4.78 is 54.1. The Morgan fingerprint density at radius 1 is 0.581 bits per heavy atom. The van der Waals surface area contributed by atoms with Crippen LogP contribution in [0.4, 0.5) is 28.9 Å². The molecule has 0 amide bonds. The van der Waals surface area contributed by atoms with Crippen molar-refractivity contribution in [2.75, 3.05) is 11.4 Å². The number of hydrogen-bond acceptors (Lipinski definition) is 1. The second-order valence-corrected chi connectivity index (χ2v) is 16.8. The first-order valence-corrected chi connectivity index (χ1v) is 15.7. The third-order valence-electron chi connectivity index (χ3n) is 5.02. The molecule has 0 unspecified atom stereocenters. The standard InChI is InChI=1S/C22H26Cl3F4NSi/c23-31(24,25)14-8-6-4-2-1-3-5-7-13-30(17-9-11-19(26)21(28)15-17)18-10-12-20(27)22(29)16-18/h9-12,15-16H,1-8,13-14H2. The minimum atomic E-state index is -2.50. The molecule has 172 valence electrons. The van der Waals surface area contributed by atoms with E-state index in [4.69, 9.17) is 33.2 Å². The van der Waals surface area contributed by atoms with Crippen molar-refractivity contribution in [3.05, 3.63) is 59.7 Å². The van der Waals surface area contributed by atoms with Crippen molar-refractivity contribution in [2.24, 2.45) is 0 Å². The lowest BCUT2D eigenvalue weighted by Crippen LogP contribution is -2.19. The van der Waals surface area contributed by atoms with Gasteiger partial charge < -0.3 is 4.90 Å². The fourth-order valence-electron chi connectivity index (χ4n) is 3.37. The summed E-state index contributed by atoms with van der Waals surface area (Å²) in [5.74, 6) is -3.87. The molecular formula is C22H26Cl3F4NSi. The van der Waals surface area contributed by atoms with E-state index < -0.39 is 29.3 Å². The number of benzene rings is 2. The zero-order chi connectivity index (χ0) is 22.9. The topological polar surface area (TPSA) is 3.24 Å². The molecule has 0 fully saturated rings. The fraction of sp³-hybridized carbons (Fsp3) is 0.455. The van der Waals surface area contributed by atoms with Gasteiger partial charge >= 0.3 is 6.00 Å². The summed E-state index contributed by atoms with van der Waals surface area (Å²) in [6, 6.07) is 5.25. The van der Waals surface area contributed by atoms with E-state index in [1.54, 1.807) is 4.90 Å². The zero-order valence-electron chi connectivity index (χ0n) is 17.1. The maximum absolute atomic E-state index is 13.7. The van der Waals surface area contributed by atoms with E-state index in [0.29, 0.717) is 24.0 Å². The second-order valence-electron chi connectivity index (χ2n) is 7.54. The Bertz CT molecular complexity index is 781. The van der Waals surface area contributed by atoms with Gasteiger partial charge in [-0.25, -0.2) is 17.6 Å². The fourth-order valence-corrected chi connectivity index (χ4v) is 5.22. The molecule has 9 heteroatoms. The first-order chi connectivity index (χ1) is 14.7. The van der Waals surface area contributed by atoms with Crippen LogP contribution in [-0.4, -0.2) is 12.5 Å². The molecule has 1 nitrogen and oxygen atoms in total. The van der Waals surface area contributed by atoms with E-state index in [0.717, 1.165) is 75.6 Å². The average Bonchev–Trinajstić information content (AvgIpc) is 2.70. The molecule has 0 N–H and O–H groups in total. The number of unbranched alkanes of at least 4 members (excludes halogenated alkanes) is 7. The summed E-state index contributed by atoms with van der Waals surface area (Å²) in [4.78, 5) is 1.67. The van der Waals surface area contributed by atoms with Crippen LogP contribution >= 0.6 is 33.2 Å². The molecule has 0 heterocycles. The van der Waals surface area contributed by atoms with Crippen molar-refractivity contribution in [3.8, 4) is 0 Å². The van der Waals surface area contributed by atoms with Gasteiger partial charge in [-0.2, -0.15) is 0 Å². The maximum Gasteiger partial charge on any atom is 0.341 e. The molecule has 2 aromatic carbocycles. The maximum atomic E-state index is 13.7. The SMILES string of the molecule is Fc1ccc(N(CCCCCCCCCC[Si](Cl)(Cl)Cl)c2ccc(F)c(F)c2)cc1F. The van der Waals surface area contributed by atoms with E-state index in [-0.39, 0.29) is 0 Å². The molecule has 0 aromatic heterocycles. The van der Waals surface area contributed by atoms with Gasteiger partial charge in [0.25, 0.3) is 0 Å². The van der Waals surface area contributed by atoms with Crippen LogP contribution in [-0.2, 0) is 0 Å². The number of nitrogens with zero attached hydrogens (tertiary/aromatic N) is 1. The van der Waals surface area contributed by atoms with Crippen LogP contribution in [0.1, 0.15) is 51.4 Å². The average molecular weight is 515 g/mol. The van der Waals surface area contributed by atoms with Crippen LogP contribution in [0.25, 0.3) is 0 Å². The summed E-state index contributed by atoms with van der Waals surface area (Å²) in [5, 5.41) is 0. The van der Waals surface area contributed by atoms with Crippen molar-refractivity contribution in [1.29, 1.82) is 0 Å². The van der Waals surface area contributed by atoms with Crippen molar-refractivity contribution in [1.82, 2.24) is 0 Å². The molecule has 0 aliphatic rings. The molecule has 0 aliphatic carbocycles. The Morgan fingerprint density at radius 3 is 1.42 bits per heavy atom. The predicted octanol–water partition coefficient (Wildman–Crippen LogP) is 9.16. The highest BCUT2D eigenvalue weighted by molar-refractivity contribution is 7.64. The highest BCUT2D eigenvalue weighted by Crippen LogP contribution is 2.29. The van der Waals surface area contributed by atoms with E-state index in [1.807, 2.05) is 0 Å². The Labute approximate surface area is 196 Å². The molecule has 31 heavy (non-hydrogen) atoms. The van der Waals surface area contributed by atoms with Gasteiger partial charge in [-0.1, -0.05) is 44.9 Å². The summed E-state index contributed by atoms with van der Waals surface area (Å²) in [5.41, 5.74) is 0.782. The zero-order valence-corrected chi connectivity index (χ0v) is 20.4. The Kier molecular flexibility index (Phi) is 11.0. The molecule has 0 atom stereocenters. The monoisotopic (exact) mass is 513 g/mol. The molecule has 0 aliphatic heterocycles. The first kappa shape index (κ1) is 26.3. The highest BCUT2D eigenvalue weighted by atomic mass is 35.8. The van der Waals surface area contributed by atoms with Crippen molar-refractivity contribution in [3.63, 3.8) is 0 Å². The third-order valence-corrected chi connectivity index (χ3v) is 7.64. The summed E-state index contributed by atoms with van der Waals surface area (Å²) in [6.07, 6.45) is 8.04. The van der Waals surface area contributed by atoms with Crippen molar-refractivity contribution in [2.45, 2.75) is 57.4 Å². The smallest absolute Gasteiger partial charge is 0.341 e. The second kappa shape index (κ2) is 12.9. The van der Waals surface area contributed by atoms with E-state index in [9.17, 15) is 17.6 Å². The largest absolute Gasteiger partial charge is 0.341 e. The van der Waals surface area contributed by atoms with Gasteiger partial charge in [-0.15, -0.1) is 33.2 Å². The lowest BCUT2D eigenvalue weighted by Gasteiger charge is -2.25. The quantitative estimate of drug-likeness (QED) is 0.111. The summed E-state index contributed by atoms with van der Waals surface area (Å²) in [6.45, 7) is 0.476. The number of anilines is 2. The van der Waals surface area contributed by atoms with Gasteiger partial charge in [0.05, 0.1) is 0 Å². The Morgan fingerprint density at radius 2 is 1.00 bits per heavy atom. The Balaban J connectivity index is 1.82. The molecule has 0 radical (unpaired) electrons. The van der Waals surface area contributed by atoms with Gasteiger partial charge in [0.1, 0.15) is 0 Å². The van der Waals surface area contributed by atoms with Gasteiger partial charge in [0.15, 0.2) is 23.3 Å². The van der Waals surface area contributed by atoms with E-state index in [2.05, 4.69) is 0 Å². The predicted molar refractivity (Wildman–Crippen MR) is 125 cm³/mol. The highest BCUT2D eigenvalue weighted by Gasteiger charge is 2.23. The molecule has 2 rings (SSSR count). The normalized spacial score (nSPS) is 11.7. The minimum Gasteiger partial charge on any atom is -0.341 e. The van der Waals surface area contributed by atoms with E-state index >= 15 is 0 Å². The van der Waals surface area contributed by atoms with Crippen molar-refractivity contribution < 1.29 is 17.6 Å². The van der Waals surface area contributed by atoms with Crippen LogP contribution in [0, 0.1) is 23.3 Å². The molecular weight excluding hydrogens is 489 g/mol. The number of rotatable bonds is 13. The molecule has 2 aromatic rings. The van der Waals surface area contributed by atoms with Crippen LogP contribution in [0.5, 0.6) is 0 Å². The van der Waals surface area contributed by atoms with Crippen LogP contribution < -0.4 is 4.90 Å². The van der Waals surface area contributed by atoms with Crippen LogP contribution in [0.15, 0.2) is 36.4 Å². The van der Waals surface area contributed by atoms with Gasteiger partial charge in [-0.05, 0) is 36.7 Å². The summed E-state index contributed by atoms with van der Waals surface area (Å²) >= 11 is 17.6. The lowest BCUT2D eigenvalue weighted by molar-refractivity contribution is 0.507. The molecule has 0 saturated carbocycles.